The molecule has 0 spiro atoms. The smallest absolute Gasteiger partial charge is 0.191 e. The fourth-order valence-corrected chi connectivity index (χ4v) is 2.75. The lowest BCUT2D eigenvalue weighted by molar-refractivity contribution is 0.458. The zero-order valence-electron chi connectivity index (χ0n) is 15.7. The van der Waals surface area contributed by atoms with Crippen molar-refractivity contribution in [2.24, 2.45) is 10.7 Å². The highest BCUT2D eigenvalue weighted by molar-refractivity contribution is 5.77. The van der Waals surface area contributed by atoms with Gasteiger partial charge in [0.25, 0.3) is 0 Å². The number of aromatic nitrogens is 2. The Morgan fingerprint density at radius 1 is 1.27 bits per heavy atom. The Morgan fingerprint density at radius 3 is 2.50 bits per heavy atom. The maximum atomic E-state index is 9.45. The molecule has 138 valence electrons. The Morgan fingerprint density at radius 2 is 1.92 bits per heavy atom. The van der Waals surface area contributed by atoms with Gasteiger partial charge in [0.15, 0.2) is 5.96 Å². The molecule has 0 atom stereocenters. The Bertz CT molecular complexity index is 793. The SMILES string of the molecule is CCN(CC)C(N)=NCCCc1nn(-c2ccc(C)cc2)c(N)c1C#N. The molecule has 2 aromatic rings. The van der Waals surface area contributed by atoms with Gasteiger partial charge in [0, 0.05) is 19.6 Å². The summed E-state index contributed by atoms with van der Waals surface area (Å²) in [5.41, 5.74) is 15.2. The van der Waals surface area contributed by atoms with Crippen molar-refractivity contribution in [1.82, 2.24) is 14.7 Å². The minimum absolute atomic E-state index is 0.373. The zero-order valence-corrected chi connectivity index (χ0v) is 15.7. The summed E-state index contributed by atoms with van der Waals surface area (Å²) in [6, 6.07) is 10.0. The largest absolute Gasteiger partial charge is 0.382 e. The molecule has 26 heavy (non-hydrogen) atoms. The van der Waals surface area contributed by atoms with Gasteiger partial charge in [-0.05, 0) is 45.7 Å². The minimum atomic E-state index is 0.373. The van der Waals surface area contributed by atoms with Crippen molar-refractivity contribution in [3.8, 4) is 11.8 Å². The molecule has 0 saturated carbocycles. The van der Waals surface area contributed by atoms with E-state index in [1.807, 2.05) is 49.9 Å². The predicted octanol–water partition coefficient (Wildman–Crippen LogP) is 2.22. The standard InChI is InChI=1S/C19H27N7/c1-4-25(5-2)19(22)23-12-6-7-17-16(13-20)18(21)26(24-17)15-10-8-14(3)9-11-15/h8-11H,4-7,12,21H2,1-3H3,(H2,22,23). The number of aliphatic imine (C=N–C) groups is 1. The average Bonchev–Trinajstić information content (AvgIpc) is 2.96. The van der Waals surface area contributed by atoms with Crippen LogP contribution < -0.4 is 11.5 Å². The molecule has 0 aliphatic rings. The molecule has 0 aliphatic heterocycles. The van der Waals surface area contributed by atoms with Gasteiger partial charge >= 0.3 is 0 Å². The first kappa shape index (κ1) is 19.3. The summed E-state index contributed by atoms with van der Waals surface area (Å²) in [5, 5.41) is 14.0. The van der Waals surface area contributed by atoms with E-state index in [2.05, 4.69) is 16.2 Å². The number of nitrogens with zero attached hydrogens (tertiary/aromatic N) is 5. The molecule has 0 radical (unpaired) electrons. The van der Waals surface area contributed by atoms with Gasteiger partial charge < -0.3 is 16.4 Å². The number of anilines is 1. The Labute approximate surface area is 154 Å². The van der Waals surface area contributed by atoms with Crippen molar-refractivity contribution in [3.05, 3.63) is 41.1 Å². The third kappa shape index (κ3) is 4.33. The first-order valence-electron chi connectivity index (χ1n) is 8.91. The van der Waals surface area contributed by atoms with Gasteiger partial charge in [-0.15, -0.1) is 0 Å². The van der Waals surface area contributed by atoms with Gasteiger partial charge in [-0.3, -0.25) is 4.99 Å². The molecule has 0 amide bonds. The monoisotopic (exact) mass is 353 g/mol. The van der Waals surface area contributed by atoms with E-state index >= 15 is 0 Å². The summed E-state index contributed by atoms with van der Waals surface area (Å²) >= 11 is 0. The summed E-state index contributed by atoms with van der Waals surface area (Å²) in [5.74, 6) is 0.928. The molecular weight excluding hydrogens is 326 g/mol. The Balaban J connectivity index is 2.11. The fourth-order valence-electron chi connectivity index (χ4n) is 2.75. The molecule has 7 nitrogen and oxygen atoms in total. The van der Waals surface area contributed by atoms with E-state index in [1.165, 1.54) is 0 Å². The highest BCUT2D eigenvalue weighted by Crippen LogP contribution is 2.21. The van der Waals surface area contributed by atoms with Crippen molar-refractivity contribution in [2.75, 3.05) is 25.4 Å². The van der Waals surface area contributed by atoms with Crippen LogP contribution in [-0.2, 0) is 6.42 Å². The first-order chi connectivity index (χ1) is 12.5. The molecule has 0 fully saturated rings. The second-order valence-corrected chi connectivity index (χ2v) is 6.08. The highest BCUT2D eigenvalue weighted by Gasteiger charge is 2.16. The number of guanidine groups is 1. The highest BCUT2D eigenvalue weighted by atomic mass is 15.3. The van der Waals surface area contributed by atoms with Crippen molar-refractivity contribution in [1.29, 1.82) is 5.26 Å². The predicted molar refractivity (Wildman–Crippen MR) is 105 cm³/mol. The number of hydrogen-bond donors (Lipinski definition) is 2. The lowest BCUT2D eigenvalue weighted by Gasteiger charge is -2.19. The van der Waals surface area contributed by atoms with Crippen LogP contribution in [0, 0.1) is 18.3 Å². The second-order valence-electron chi connectivity index (χ2n) is 6.08. The van der Waals surface area contributed by atoms with Gasteiger partial charge in [0.05, 0.1) is 11.4 Å². The minimum Gasteiger partial charge on any atom is -0.382 e. The molecule has 1 aromatic carbocycles. The summed E-state index contributed by atoms with van der Waals surface area (Å²) < 4.78 is 1.63. The lowest BCUT2D eigenvalue weighted by Crippen LogP contribution is -2.37. The number of nitriles is 1. The third-order valence-corrected chi connectivity index (χ3v) is 4.32. The maximum Gasteiger partial charge on any atom is 0.191 e. The summed E-state index contributed by atoms with van der Waals surface area (Å²) in [4.78, 5) is 6.41. The third-order valence-electron chi connectivity index (χ3n) is 4.32. The van der Waals surface area contributed by atoms with Crippen LogP contribution in [0.1, 0.15) is 37.1 Å². The summed E-state index contributed by atoms with van der Waals surface area (Å²) in [6.45, 7) is 8.37. The number of nitrogens with two attached hydrogens (primary N) is 2. The number of aryl methyl sites for hydroxylation is 2. The molecule has 2 rings (SSSR count). The number of hydrogen-bond acceptors (Lipinski definition) is 4. The number of rotatable bonds is 7. The Kier molecular flexibility index (Phi) is 6.61. The van der Waals surface area contributed by atoms with Gasteiger partial charge in [-0.1, -0.05) is 17.7 Å². The van der Waals surface area contributed by atoms with Crippen molar-refractivity contribution < 1.29 is 0 Å². The molecule has 1 heterocycles. The van der Waals surface area contributed by atoms with Gasteiger partial charge in [-0.2, -0.15) is 10.4 Å². The maximum absolute atomic E-state index is 9.45. The summed E-state index contributed by atoms with van der Waals surface area (Å²) in [6.07, 6.45) is 1.38. The zero-order chi connectivity index (χ0) is 19.1. The van der Waals surface area contributed by atoms with E-state index < -0.39 is 0 Å². The van der Waals surface area contributed by atoms with Gasteiger partial charge in [0.1, 0.15) is 17.5 Å². The van der Waals surface area contributed by atoms with E-state index in [0.717, 1.165) is 30.8 Å². The normalized spacial score (nSPS) is 11.4. The van der Waals surface area contributed by atoms with E-state index in [9.17, 15) is 5.26 Å². The van der Waals surface area contributed by atoms with E-state index in [0.29, 0.717) is 36.0 Å². The second kappa shape index (κ2) is 8.90. The average molecular weight is 353 g/mol. The van der Waals surface area contributed by atoms with Crippen LogP contribution in [0.2, 0.25) is 0 Å². The van der Waals surface area contributed by atoms with Crippen LogP contribution in [0.25, 0.3) is 5.69 Å². The van der Waals surface area contributed by atoms with E-state index in [4.69, 9.17) is 11.5 Å². The van der Waals surface area contributed by atoms with Crippen LogP contribution in [0.5, 0.6) is 0 Å². The molecule has 4 N–H and O–H groups in total. The fraction of sp³-hybridized carbons (Fsp3) is 0.421. The van der Waals surface area contributed by atoms with Crippen LogP contribution >= 0.6 is 0 Å². The molecule has 7 heteroatoms. The van der Waals surface area contributed by atoms with Crippen LogP contribution in [0.3, 0.4) is 0 Å². The van der Waals surface area contributed by atoms with E-state index in [-0.39, 0.29) is 0 Å². The lowest BCUT2D eigenvalue weighted by atomic mass is 10.1. The molecule has 1 aromatic heterocycles. The summed E-state index contributed by atoms with van der Waals surface area (Å²) in [7, 11) is 0. The number of benzene rings is 1. The van der Waals surface area contributed by atoms with Gasteiger partial charge in [0.2, 0.25) is 0 Å². The van der Waals surface area contributed by atoms with Crippen LogP contribution in [0.4, 0.5) is 5.82 Å². The molecule has 0 saturated heterocycles. The van der Waals surface area contributed by atoms with Crippen molar-refractivity contribution in [3.63, 3.8) is 0 Å². The Hall–Kier alpha value is -3.01. The molecule has 0 aliphatic carbocycles. The van der Waals surface area contributed by atoms with Gasteiger partial charge in [-0.25, -0.2) is 4.68 Å². The van der Waals surface area contributed by atoms with Crippen molar-refractivity contribution in [2.45, 2.75) is 33.6 Å². The van der Waals surface area contributed by atoms with Crippen molar-refractivity contribution >= 4 is 11.8 Å². The first-order valence-corrected chi connectivity index (χ1v) is 8.91. The van der Waals surface area contributed by atoms with Crippen LogP contribution in [-0.4, -0.2) is 40.3 Å². The van der Waals surface area contributed by atoms with Crippen LogP contribution in [0.15, 0.2) is 29.3 Å². The van der Waals surface area contributed by atoms with E-state index in [1.54, 1.807) is 4.68 Å². The number of nitrogen functional groups attached to an aromatic ring is 1. The molecule has 0 bridgehead atoms. The molecule has 0 unspecified atom stereocenters. The topological polar surface area (TPSA) is 109 Å². The quantitative estimate of drug-likeness (QED) is 0.451. The molecular formula is C19H27N7.